The first-order valence-electron chi connectivity index (χ1n) is 5.21. The maximum atomic E-state index is 10.7. The average molecular weight is 267 g/mol. The molecule has 0 saturated carbocycles. The van der Waals surface area contributed by atoms with Gasteiger partial charge in [0, 0.05) is 37.5 Å². The molecule has 2 rings (SSSR count). The SMILES string of the molecule is Cn1cc(CNc2cc([N+](=O)[O-])ccc2Cl)cn1. The average Bonchev–Trinajstić information content (AvgIpc) is 2.74. The summed E-state index contributed by atoms with van der Waals surface area (Å²) in [5.41, 5.74) is 1.52. The van der Waals surface area contributed by atoms with Crippen LogP contribution in [0.2, 0.25) is 5.02 Å². The van der Waals surface area contributed by atoms with Gasteiger partial charge in [0.15, 0.2) is 0 Å². The summed E-state index contributed by atoms with van der Waals surface area (Å²) in [5, 5.41) is 18.2. The Morgan fingerprint density at radius 1 is 1.56 bits per heavy atom. The fourth-order valence-electron chi connectivity index (χ4n) is 1.52. The van der Waals surface area contributed by atoms with Crippen molar-refractivity contribution in [2.75, 3.05) is 5.32 Å². The van der Waals surface area contributed by atoms with Gasteiger partial charge >= 0.3 is 0 Å². The van der Waals surface area contributed by atoms with Crippen molar-refractivity contribution in [1.82, 2.24) is 9.78 Å². The topological polar surface area (TPSA) is 73.0 Å². The van der Waals surface area contributed by atoms with Gasteiger partial charge in [0.2, 0.25) is 0 Å². The molecule has 0 unspecified atom stereocenters. The van der Waals surface area contributed by atoms with E-state index < -0.39 is 4.92 Å². The third-order valence-electron chi connectivity index (χ3n) is 2.40. The molecule has 1 heterocycles. The zero-order valence-electron chi connectivity index (χ0n) is 9.63. The number of halogens is 1. The Morgan fingerprint density at radius 2 is 2.33 bits per heavy atom. The summed E-state index contributed by atoms with van der Waals surface area (Å²) in [6, 6.07) is 4.29. The molecular formula is C11H11ClN4O2. The number of aromatic nitrogens is 2. The highest BCUT2D eigenvalue weighted by Crippen LogP contribution is 2.26. The third-order valence-corrected chi connectivity index (χ3v) is 2.73. The summed E-state index contributed by atoms with van der Waals surface area (Å²) in [7, 11) is 1.82. The molecule has 0 radical (unpaired) electrons. The number of nitro benzene ring substituents is 1. The number of non-ortho nitro benzene ring substituents is 1. The third kappa shape index (κ3) is 2.78. The molecule has 0 aliphatic rings. The predicted molar refractivity (Wildman–Crippen MR) is 68.6 cm³/mol. The van der Waals surface area contributed by atoms with Crippen molar-refractivity contribution < 1.29 is 4.92 Å². The standard InChI is InChI=1S/C11H11ClN4O2/c1-15-7-8(6-14-15)5-13-11-4-9(16(17)18)2-3-10(11)12/h2-4,6-7,13H,5H2,1H3. The smallest absolute Gasteiger partial charge is 0.271 e. The normalized spacial score (nSPS) is 10.3. The maximum Gasteiger partial charge on any atom is 0.271 e. The quantitative estimate of drug-likeness (QED) is 0.682. The van der Waals surface area contributed by atoms with Crippen LogP contribution in [0.5, 0.6) is 0 Å². The number of hydrogen-bond acceptors (Lipinski definition) is 4. The molecule has 0 spiro atoms. The molecule has 0 atom stereocenters. The van der Waals surface area contributed by atoms with E-state index in [1.54, 1.807) is 10.9 Å². The van der Waals surface area contributed by atoms with Gasteiger partial charge in [-0.2, -0.15) is 5.10 Å². The number of aryl methyl sites for hydroxylation is 1. The Morgan fingerprint density at radius 3 is 2.94 bits per heavy atom. The number of benzene rings is 1. The van der Waals surface area contributed by atoms with Gasteiger partial charge < -0.3 is 5.32 Å². The second-order valence-corrected chi connectivity index (χ2v) is 4.20. The zero-order valence-corrected chi connectivity index (χ0v) is 10.4. The van der Waals surface area contributed by atoms with E-state index in [1.165, 1.54) is 18.2 Å². The van der Waals surface area contributed by atoms with Crippen LogP contribution in [0.1, 0.15) is 5.56 Å². The van der Waals surface area contributed by atoms with E-state index in [0.717, 1.165) is 5.56 Å². The predicted octanol–water partition coefficient (Wildman–Crippen LogP) is 2.59. The van der Waals surface area contributed by atoms with E-state index in [2.05, 4.69) is 10.4 Å². The second kappa shape index (κ2) is 5.05. The van der Waals surface area contributed by atoms with Gasteiger partial charge in [0.1, 0.15) is 0 Å². The van der Waals surface area contributed by atoms with Gasteiger partial charge in [-0.3, -0.25) is 14.8 Å². The van der Waals surface area contributed by atoms with Crippen LogP contribution in [0.3, 0.4) is 0 Å². The van der Waals surface area contributed by atoms with Crippen LogP contribution in [-0.2, 0) is 13.6 Å². The molecule has 2 aromatic rings. The van der Waals surface area contributed by atoms with Crippen molar-refractivity contribution in [1.29, 1.82) is 0 Å². The number of nitrogens with zero attached hydrogens (tertiary/aromatic N) is 3. The monoisotopic (exact) mass is 266 g/mol. The van der Waals surface area contributed by atoms with Crippen LogP contribution in [0, 0.1) is 10.1 Å². The highest BCUT2D eigenvalue weighted by Gasteiger charge is 2.09. The molecule has 94 valence electrons. The number of nitrogens with one attached hydrogen (secondary N) is 1. The minimum atomic E-state index is -0.453. The van der Waals surface area contributed by atoms with Crippen LogP contribution in [0.4, 0.5) is 11.4 Å². The first-order chi connectivity index (χ1) is 8.56. The highest BCUT2D eigenvalue weighted by atomic mass is 35.5. The Hall–Kier alpha value is -2.08. The molecule has 0 aliphatic carbocycles. The fourth-order valence-corrected chi connectivity index (χ4v) is 1.71. The lowest BCUT2D eigenvalue weighted by Crippen LogP contribution is -2.00. The van der Waals surface area contributed by atoms with E-state index >= 15 is 0 Å². The molecule has 18 heavy (non-hydrogen) atoms. The van der Waals surface area contributed by atoms with Crippen LogP contribution in [-0.4, -0.2) is 14.7 Å². The van der Waals surface area contributed by atoms with E-state index in [4.69, 9.17) is 11.6 Å². The minimum Gasteiger partial charge on any atom is -0.379 e. The van der Waals surface area contributed by atoms with Gasteiger partial charge in [-0.05, 0) is 6.07 Å². The van der Waals surface area contributed by atoms with Crippen LogP contribution in [0.25, 0.3) is 0 Å². The number of anilines is 1. The summed E-state index contributed by atoms with van der Waals surface area (Å²) in [4.78, 5) is 10.2. The zero-order chi connectivity index (χ0) is 13.1. The van der Waals surface area contributed by atoms with Gasteiger partial charge in [-0.15, -0.1) is 0 Å². The van der Waals surface area contributed by atoms with Crippen molar-refractivity contribution in [3.63, 3.8) is 0 Å². The van der Waals surface area contributed by atoms with Crippen molar-refractivity contribution in [3.05, 3.63) is 51.3 Å². The summed E-state index contributed by atoms with van der Waals surface area (Å²) < 4.78 is 1.69. The fraction of sp³-hybridized carbons (Fsp3) is 0.182. The van der Waals surface area contributed by atoms with Crippen LogP contribution >= 0.6 is 11.6 Å². The second-order valence-electron chi connectivity index (χ2n) is 3.80. The lowest BCUT2D eigenvalue weighted by atomic mass is 10.2. The van der Waals surface area contributed by atoms with Crippen molar-refractivity contribution in [2.24, 2.45) is 7.05 Å². The molecular weight excluding hydrogens is 256 g/mol. The molecule has 0 fully saturated rings. The number of nitro groups is 1. The number of rotatable bonds is 4. The van der Waals surface area contributed by atoms with Crippen molar-refractivity contribution in [2.45, 2.75) is 6.54 Å². The van der Waals surface area contributed by atoms with Gasteiger partial charge in [-0.1, -0.05) is 11.6 Å². The van der Waals surface area contributed by atoms with Crippen molar-refractivity contribution in [3.8, 4) is 0 Å². The molecule has 6 nitrogen and oxygen atoms in total. The summed E-state index contributed by atoms with van der Waals surface area (Å²) in [6.45, 7) is 0.509. The van der Waals surface area contributed by atoms with Gasteiger partial charge in [0.25, 0.3) is 5.69 Å². The van der Waals surface area contributed by atoms with Crippen LogP contribution < -0.4 is 5.32 Å². The largest absolute Gasteiger partial charge is 0.379 e. The Kier molecular flexibility index (Phi) is 3.47. The van der Waals surface area contributed by atoms with E-state index in [-0.39, 0.29) is 5.69 Å². The molecule has 1 N–H and O–H groups in total. The lowest BCUT2D eigenvalue weighted by molar-refractivity contribution is -0.384. The minimum absolute atomic E-state index is 0.00749. The Bertz CT molecular complexity index is 582. The first-order valence-corrected chi connectivity index (χ1v) is 5.59. The Balaban J connectivity index is 2.13. The van der Waals surface area contributed by atoms with Gasteiger partial charge in [-0.25, -0.2) is 0 Å². The van der Waals surface area contributed by atoms with E-state index in [1.807, 2.05) is 13.2 Å². The van der Waals surface area contributed by atoms with Gasteiger partial charge in [0.05, 0.1) is 21.8 Å². The molecule has 0 amide bonds. The lowest BCUT2D eigenvalue weighted by Gasteiger charge is -2.06. The van der Waals surface area contributed by atoms with E-state index in [0.29, 0.717) is 17.3 Å². The summed E-state index contributed by atoms with van der Waals surface area (Å²) in [5.74, 6) is 0. The molecule has 0 saturated heterocycles. The Labute approximate surface area is 108 Å². The summed E-state index contributed by atoms with van der Waals surface area (Å²) >= 11 is 5.97. The molecule has 1 aromatic carbocycles. The molecule has 7 heteroatoms. The number of hydrogen-bond donors (Lipinski definition) is 1. The van der Waals surface area contributed by atoms with Crippen molar-refractivity contribution >= 4 is 23.0 Å². The molecule has 0 bridgehead atoms. The molecule has 0 aliphatic heterocycles. The maximum absolute atomic E-state index is 10.7. The summed E-state index contributed by atoms with van der Waals surface area (Å²) in [6.07, 6.45) is 3.58. The first kappa shape index (κ1) is 12.4. The highest BCUT2D eigenvalue weighted by molar-refractivity contribution is 6.33. The van der Waals surface area contributed by atoms with Crippen LogP contribution in [0.15, 0.2) is 30.6 Å². The molecule has 1 aromatic heterocycles. The van der Waals surface area contributed by atoms with E-state index in [9.17, 15) is 10.1 Å².